The third kappa shape index (κ3) is 7.48. The fourth-order valence-electron chi connectivity index (χ4n) is 4.91. The van der Waals surface area contributed by atoms with Gasteiger partial charge in [0.1, 0.15) is 24.5 Å². The van der Waals surface area contributed by atoms with Crippen LogP contribution in [0.4, 0.5) is 10.5 Å². The number of nitrogens with one attached hydrogen (secondary N) is 1. The fraction of sp³-hybridized carbons (Fsp3) is 0.171. The third-order valence-electron chi connectivity index (χ3n) is 6.86. The summed E-state index contributed by atoms with van der Waals surface area (Å²) in [6.45, 7) is 6.69. The molecule has 10 heteroatoms. The van der Waals surface area contributed by atoms with Crippen molar-refractivity contribution in [2.24, 2.45) is 0 Å². The minimum absolute atomic E-state index is 0.237. The van der Waals surface area contributed by atoms with Crippen molar-refractivity contribution in [2.75, 3.05) is 11.5 Å². The van der Waals surface area contributed by atoms with E-state index in [1.165, 1.54) is 6.08 Å². The summed E-state index contributed by atoms with van der Waals surface area (Å²) in [7, 11) is 0. The molecule has 1 aliphatic heterocycles. The van der Waals surface area contributed by atoms with E-state index in [-0.39, 0.29) is 29.5 Å². The zero-order valence-electron chi connectivity index (χ0n) is 24.9. The molecule has 45 heavy (non-hydrogen) atoms. The summed E-state index contributed by atoms with van der Waals surface area (Å²) in [4.78, 5) is 40.0. The Hall–Kier alpha value is -4.79. The predicted octanol–water partition coefficient (Wildman–Crippen LogP) is 7.83. The Kier molecular flexibility index (Phi) is 9.76. The van der Waals surface area contributed by atoms with Gasteiger partial charge in [0.2, 0.25) is 0 Å². The van der Waals surface area contributed by atoms with Crippen molar-refractivity contribution in [3.05, 3.63) is 122 Å². The van der Waals surface area contributed by atoms with E-state index in [2.05, 4.69) is 11.4 Å². The van der Waals surface area contributed by atoms with Gasteiger partial charge in [0, 0.05) is 10.6 Å². The highest BCUT2D eigenvalue weighted by Gasteiger charge is 2.37. The molecule has 8 nitrogen and oxygen atoms in total. The van der Waals surface area contributed by atoms with E-state index in [4.69, 9.17) is 37.4 Å². The number of amides is 4. The van der Waals surface area contributed by atoms with Crippen LogP contribution in [0.3, 0.4) is 0 Å². The number of halogens is 2. The zero-order valence-corrected chi connectivity index (χ0v) is 26.4. The van der Waals surface area contributed by atoms with Crippen LogP contribution < -0.4 is 24.4 Å². The van der Waals surface area contributed by atoms with Crippen molar-refractivity contribution in [3.63, 3.8) is 0 Å². The van der Waals surface area contributed by atoms with Crippen molar-refractivity contribution in [3.8, 4) is 17.2 Å². The number of nitrogens with zero attached hydrogens (tertiary/aromatic N) is 1. The van der Waals surface area contributed by atoms with Gasteiger partial charge in [-0.15, -0.1) is 0 Å². The smallest absolute Gasteiger partial charge is 0.335 e. The van der Waals surface area contributed by atoms with Gasteiger partial charge in [-0.05, 0) is 80.4 Å². The molecule has 0 atom stereocenters. The molecule has 230 valence electrons. The molecule has 1 aliphatic rings. The number of hydrogen-bond donors (Lipinski definition) is 1. The number of benzene rings is 4. The molecule has 5 rings (SSSR count). The lowest BCUT2D eigenvalue weighted by atomic mass is 10.1. The summed E-state index contributed by atoms with van der Waals surface area (Å²) in [6.07, 6.45) is 1.36. The van der Waals surface area contributed by atoms with Crippen LogP contribution in [0.2, 0.25) is 10.0 Å². The highest BCUT2D eigenvalue weighted by Crippen LogP contribution is 2.38. The van der Waals surface area contributed by atoms with Gasteiger partial charge in [-0.1, -0.05) is 70.7 Å². The van der Waals surface area contributed by atoms with Gasteiger partial charge >= 0.3 is 6.03 Å². The first-order valence-electron chi connectivity index (χ1n) is 14.2. The Bertz CT molecular complexity index is 1780. The maximum atomic E-state index is 13.5. The van der Waals surface area contributed by atoms with E-state index in [0.717, 1.165) is 27.2 Å². The molecule has 0 saturated carbocycles. The second-order valence-electron chi connectivity index (χ2n) is 10.4. The van der Waals surface area contributed by atoms with Crippen molar-refractivity contribution in [2.45, 2.75) is 34.0 Å². The average Bonchev–Trinajstić information content (AvgIpc) is 2.99. The number of aryl methyl sites for hydroxylation is 2. The summed E-state index contributed by atoms with van der Waals surface area (Å²) in [6, 6.07) is 22.2. The lowest BCUT2D eigenvalue weighted by Crippen LogP contribution is -2.54. The molecule has 0 radical (unpaired) electrons. The van der Waals surface area contributed by atoms with Gasteiger partial charge in [-0.2, -0.15) is 0 Å². The number of rotatable bonds is 10. The number of barbiturate groups is 1. The van der Waals surface area contributed by atoms with E-state index in [9.17, 15) is 14.4 Å². The normalized spacial score (nSPS) is 14.0. The van der Waals surface area contributed by atoms with Crippen LogP contribution in [-0.4, -0.2) is 24.5 Å². The number of ether oxygens (including phenoxy) is 3. The largest absolute Gasteiger partial charge is 0.490 e. The van der Waals surface area contributed by atoms with Crippen molar-refractivity contribution in [1.82, 2.24) is 5.32 Å². The van der Waals surface area contributed by atoms with E-state index < -0.39 is 17.8 Å². The lowest BCUT2D eigenvalue weighted by molar-refractivity contribution is -0.122. The van der Waals surface area contributed by atoms with Gasteiger partial charge in [0.05, 0.1) is 17.3 Å². The molecular weight excluding hydrogens is 615 g/mol. The summed E-state index contributed by atoms with van der Waals surface area (Å²) in [5, 5.41) is 3.06. The van der Waals surface area contributed by atoms with Crippen molar-refractivity contribution >= 4 is 52.8 Å². The average molecular weight is 646 g/mol. The Morgan fingerprint density at radius 1 is 0.800 bits per heavy atom. The molecule has 4 amide bonds. The third-order valence-corrected chi connectivity index (χ3v) is 7.51. The van der Waals surface area contributed by atoms with Crippen LogP contribution in [0.25, 0.3) is 6.08 Å². The van der Waals surface area contributed by atoms with E-state index in [1.54, 1.807) is 42.5 Å². The standard InChI is InChI=1S/C35H30Cl2N2O6/c1-4-43-31-18-23(17-30(37)32(31)45-19-24-14-21(2)13-22(3)15-24)16-28-33(40)38-35(42)39(34(28)41)26-9-11-27(12-10-26)44-20-25-7-5-6-8-29(25)36/h5-18H,4,19-20H2,1-3H3,(H,38,40,42)/b28-16+. The number of hydrogen-bond acceptors (Lipinski definition) is 6. The number of anilines is 1. The molecule has 4 aromatic rings. The molecule has 0 bridgehead atoms. The molecule has 1 saturated heterocycles. The fourth-order valence-corrected chi connectivity index (χ4v) is 5.37. The van der Waals surface area contributed by atoms with Crippen LogP contribution >= 0.6 is 23.2 Å². The molecule has 1 fully saturated rings. The topological polar surface area (TPSA) is 94.2 Å². The highest BCUT2D eigenvalue weighted by atomic mass is 35.5. The number of imide groups is 2. The minimum Gasteiger partial charge on any atom is -0.490 e. The quantitative estimate of drug-likeness (QED) is 0.140. The Morgan fingerprint density at radius 3 is 2.20 bits per heavy atom. The van der Waals surface area contributed by atoms with E-state index >= 15 is 0 Å². The zero-order chi connectivity index (χ0) is 32.1. The van der Waals surface area contributed by atoms with Crippen LogP contribution in [-0.2, 0) is 22.8 Å². The molecule has 1 N–H and O–H groups in total. The maximum absolute atomic E-state index is 13.5. The molecular formula is C35H30Cl2N2O6. The monoisotopic (exact) mass is 644 g/mol. The first-order valence-corrected chi connectivity index (χ1v) is 14.9. The minimum atomic E-state index is -0.866. The van der Waals surface area contributed by atoms with E-state index in [0.29, 0.717) is 34.4 Å². The van der Waals surface area contributed by atoms with Crippen LogP contribution in [0, 0.1) is 13.8 Å². The van der Waals surface area contributed by atoms with Gasteiger partial charge in [0.25, 0.3) is 11.8 Å². The van der Waals surface area contributed by atoms with Crippen molar-refractivity contribution < 1.29 is 28.6 Å². The Morgan fingerprint density at radius 2 is 1.51 bits per heavy atom. The van der Waals surface area contributed by atoms with Gasteiger partial charge in [-0.25, -0.2) is 9.69 Å². The number of urea groups is 1. The molecule has 4 aromatic carbocycles. The lowest BCUT2D eigenvalue weighted by Gasteiger charge is -2.26. The highest BCUT2D eigenvalue weighted by molar-refractivity contribution is 6.39. The summed E-state index contributed by atoms with van der Waals surface area (Å²) >= 11 is 12.8. The molecule has 1 heterocycles. The second-order valence-corrected chi connectivity index (χ2v) is 11.2. The first kappa shape index (κ1) is 31.6. The number of carbonyl (C=O) groups is 3. The van der Waals surface area contributed by atoms with Crippen LogP contribution in [0.5, 0.6) is 17.2 Å². The maximum Gasteiger partial charge on any atom is 0.335 e. The summed E-state index contributed by atoms with van der Waals surface area (Å²) < 4.78 is 17.7. The Labute approximate surface area is 271 Å². The number of carbonyl (C=O) groups excluding carboxylic acids is 3. The SMILES string of the molecule is CCOc1cc(/C=C2\C(=O)NC(=O)N(c3ccc(OCc4ccccc4Cl)cc3)C2=O)cc(Cl)c1OCc1cc(C)cc(C)c1. The van der Waals surface area contributed by atoms with Gasteiger partial charge in [-0.3, -0.25) is 14.9 Å². The van der Waals surface area contributed by atoms with Gasteiger partial charge in [0.15, 0.2) is 11.5 Å². The summed E-state index contributed by atoms with van der Waals surface area (Å²) in [5.41, 5.74) is 4.44. The Balaban J connectivity index is 1.36. The van der Waals surface area contributed by atoms with Gasteiger partial charge < -0.3 is 14.2 Å². The molecule has 0 unspecified atom stereocenters. The first-order chi connectivity index (χ1) is 21.6. The second kappa shape index (κ2) is 13.9. The van der Waals surface area contributed by atoms with Crippen molar-refractivity contribution in [1.29, 1.82) is 0 Å². The van der Waals surface area contributed by atoms with Crippen LogP contribution in [0.15, 0.2) is 84.4 Å². The van der Waals surface area contributed by atoms with Crippen LogP contribution in [0.1, 0.15) is 34.7 Å². The predicted molar refractivity (Wildman–Crippen MR) is 174 cm³/mol. The summed E-state index contributed by atoms with van der Waals surface area (Å²) in [5.74, 6) is -0.422. The van der Waals surface area contributed by atoms with E-state index in [1.807, 2.05) is 51.1 Å². The molecule has 0 aliphatic carbocycles. The molecule has 0 aromatic heterocycles. The molecule has 0 spiro atoms.